The Morgan fingerprint density at radius 3 is 2.87 bits per heavy atom. The van der Waals surface area contributed by atoms with Crippen molar-refractivity contribution in [3.8, 4) is 5.69 Å². The molecule has 1 aromatic carbocycles. The Morgan fingerprint density at radius 1 is 1.35 bits per heavy atom. The smallest absolute Gasteiger partial charge is 0.315 e. The second-order valence-corrected chi connectivity index (χ2v) is 6.83. The first-order valence-electron chi connectivity index (χ1n) is 7.92. The number of aromatic nitrogens is 2. The molecule has 0 radical (unpaired) electrons. The highest BCUT2D eigenvalue weighted by Gasteiger charge is 2.27. The van der Waals surface area contributed by atoms with E-state index in [1.807, 2.05) is 53.0 Å². The van der Waals surface area contributed by atoms with Gasteiger partial charge in [-0.3, -0.25) is 0 Å². The van der Waals surface area contributed by atoms with Gasteiger partial charge < -0.3 is 10.6 Å². The van der Waals surface area contributed by atoms with Gasteiger partial charge in [0.05, 0.1) is 5.69 Å². The van der Waals surface area contributed by atoms with Gasteiger partial charge in [-0.2, -0.15) is 16.9 Å². The molecule has 0 saturated heterocycles. The van der Waals surface area contributed by atoms with Crippen molar-refractivity contribution in [3.63, 3.8) is 0 Å². The standard InChI is InChI=1S/C17H22N4OS/c1-23-16-5-2-4-15(16)20-17(22)18-12-13-6-8-14(9-7-13)21-11-3-10-19-21/h3,6-11,15-16H,2,4-5,12H2,1H3,(H2,18,20,22). The molecular weight excluding hydrogens is 308 g/mol. The van der Waals surface area contributed by atoms with Crippen LogP contribution in [0.5, 0.6) is 0 Å². The van der Waals surface area contributed by atoms with Gasteiger partial charge in [0.1, 0.15) is 0 Å². The van der Waals surface area contributed by atoms with Gasteiger partial charge in [-0.15, -0.1) is 0 Å². The van der Waals surface area contributed by atoms with Gasteiger partial charge in [0.15, 0.2) is 0 Å². The van der Waals surface area contributed by atoms with Crippen LogP contribution < -0.4 is 10.6 Å². The zero-order chi connectivity index (χ0) is 16.1. The van der Waals surface area contributed by atoms with Gasteiger partial charge in [-0.05, 0) is 42.9 Å². The number of nitrogens with one attached hydrogen (secondary N) is 2. The Balaban J connectivity index is 1.49. The third kappa shape index (κ3) is 4.07. The van der Waals surface area contributed by atoms with E-state index in [1.165, 1.54) is 12.8 Å². The number of rotatable bonds is 5. The third-order valence-electron chi connectivity index (χ3n) is 4.23. The van der Waals surface area contributed by atoms with E-state index in [9.17, 15) is 4.79 Å². The van der Waals surface area contributed by atoms with Gasteiger partial charge in [-0.25, -0.2) is 9.48 Å². The van der Waals surface area contributed by atoms with Crippen molar-refractivity contribution >= 4 is 17.8 Å². The Hall–Kier alpha value is -1.95. The second-order valence-electron chi connectivity index (χ2n) is 5.76. The number of nitrogens with zero attached hydrogens (tertiary/aromatic N) is 2. The minimum atomic E-state index is -0.0768. The van der Waals surface area contributed by atoms with Crippen LogP contribution in [0.1, 0.15) is 24.8 Å². The lowest BCUT2D eigenvalue weighted by Gasteiger charge is -2.19. The zero-order valence-electron chi connectivity index (χ0n) is 13.2. The van der Waals surface area contributed by atoms with Crippen molar-refractivity contribution < 1.29 is 4.79 Å². The fourth-order valence-electron chi connectivity index (χ4n) is 2.96. The number of hydrogen-bond donors (Lipinski definition) is 2. The number of urea groups is 1. The first kappa shape index (κ1) is 15.9. The van der Waals surface area contributed by atoms with E-state index in [4.69, 9.17) is 0 Å². The molecular formula is C17H22N4OS. The molecule has 0 aliphatic heterocycles. The number of hydrogen-bond acceptors (Lipinski definition) is 3. The molecule has 2 aromatic rings. The molecule has 1 heterocycles. The predicted octanol–water partition coefficient (Wildman–Crippen LogP) is 2.96. The second kappa shape index (κ2) is 7.55. The van der Waals surface area contributed by atoms with Crippen LogP contribution >= 0.6 is 11.8 Å². The molecule has 3 rings (SSSR count). The molecule has 5 nitrogen and oxygen atoms in total. The van der Waals surface area contributed by atoms with Gasteiger partial charge in [-0.1, -0.05) is 18.6 Å². The lowest BCUT2D eigenvalue weighted by atomic mass is 10.2. The molecule has 23 heavy (non-hydrogen) atoms. The molecule has 1 saturated carbocycles. The average Bonchev–Trinajstić information content (AvgIpc) is 3.25. The van der Waals surface area contributed by atoms with Crippen LogP contribution in [-0.2, 0) is 6.54 Å². The van der Waals surface area contributed by atoms with Gasteiger partial charge in [0.25, 0.3) is 0 Å². The summed E-state index contributed by atoms with van der Waals surface area (Å²) in [6, 6.07) is 10.1. The molecule has 2 amide bonds. The Bertz CT molecular complexity index is 627. The van der Waals surface area contributed by atoms with Crippen LogP contribution in [-0.4, -0.2) is 33.4 Å². The molecule has 122 valence electrons. The minimum Gasteiger partial charge on any atom is -0.334 e. The molecule has 1 aliphatic carbocycles. The van der Waals surface area contributed by atoms with E-state index in [-0.39, 0.29) is 6.03 Å². The highest BCUT2D eigenvalue weighted by Crippen LogP contribution is 2.28. The highest BCUT2D eigenvalue weighted by atomic mass is 32.2. The summed E-state index contributed by atoms with van der Waals surface area (Å²) in [6.45, 7) is 0.530. The SMILES string of the molecule is CSC1CCCC1NC(=O)NCc1ccc(-n2cccn2)cc1. The minimum absolute atomic E-state index is 0.0768. The predicted molar refractivity (Wildman–Crippen MR) is 93.9 cm³/mol. The number of benzene rings is 1. The van der Waals surface area contributed by atoms with Crippen molar-refractivity contribution in [1.82, 2.24) is 20.4 Å². The van der Waals surface area contributed by atoms with E-state index in [0.29, 0.717) is 17.8 Å². The summed E-state index contributed by atoms with van der Waals surface area (Å²) in [5.41, 5.74) is 2.08. The van der Waals surface area contributed by atoms with Gasteiger partial charge in [0, 0.05) is 30.2 Å². The van der Waals surface area contributed by atoms with Gasteiger partial charge in [0.2, 0.25) is 0 Å². The summed E-state index contributed by atoms with van der Waals surface area (Å²) >= 11 is 1.85. The lowest BCUT2D eigenvalue weighted by Crippen LogP contribution is -2.44. The number of amides is 2. The molecule has 1 aromatic heterocycles. The summed E-state index contributed by atoms with van der Waals surface area (Å²) in [5.74, 6) is 0. The first-order chi connectivity index (χ1) is 11.3. The van der Waals surface area contributed by atoms with Crippen molar-refractivity contribution in [3.05, 3.63) is 48.3 Å². The zero-order valence-corrected chi connectivity index (χ0v) is 14.1. The molecule has 0 bridgehead atoms. The third-order valence-corrected chi connectivity index (χ3v) is 5.40. The summed E-state index contributed by atoms with van der Waals surface area (Å²) in [7, 11) is 0. The fraction of sp³-hybridized carbons (Fsp3) is 0.412. The monoisotopic (exact) mass is 330 g/mol. The molecule has 2 N–H and O–H groups in total. The molecule has 6 heteroatoms. The average molecular weight is 330 g/mol. The van der Waals surface area contributed by atoms with Crippen LogP contribution in [0.25, 0.3) is 5.69 Å². The summed E-state index contributed by atoms with van der Waals surface area (Å²) in [5, 5.41) is 10.8. The number of carbonyl (C=O) groups is 1. The van der Waals surface area contributed by atoms with E-state index in [0.717, 1.165) is 17.7 Å². The fourth-order valence-corrected chi connectivity index (χ4v) is 3.90. The number of carbonyl (C=O) groups excluding carboxylic acids is 1. The maximum Gasteiger partial charge on any atom is 0.315 e. The maximum atomic E-state index is 12.0. The normalized spacial score (nSPS) is 20.4. The van der Waals surface area contributed by atoms with Crippen molar-refractivity contribution in [2.45, 2.75) is 37.1 Å². The van der Waals surface area contributed by atoms with E-state index in [2.05, 4.69) is 22.0 Å². The van der Waals surface area contributed by atoms with E-state index in [1.54, 1.807) is 6.20 Å². The quantitative estimate of drug-likeness (QED) is 0.886. The van der Waals surface area contributed by atoms with E-state index < -0.39 is 0 Å². The Morgan fingerprint density at radius 2 is 2.17 bits per heavy atom. The van der Waals surface area contributed by atoms with Crippen LogP contribution in [0.3, 0.4) is 0 Å². The molecule has 1 fully saturated rings. The van der Waals surface area contributed by atoms with Crippen LogP contribution in [0.4, 0.5) is 4.79 Å². The van der Waals surface area contributed by atoms with Crippen molar-refractivity contribution in [2.75, 3.05) is 6.26 Å². The largest absolute Gasteiger partial charge is 0.334 e. The summed E-state index contributed by atoms with van der Waals surface area (Å²) in [6.07, 6.45) is 9.25. The van der Waals surface area contributed by atoms with Gasteiger partial charge >= 0.3 is 6.03 Å². The first-order valence-corrected chi connectivity index (χ1v) is 9.21. The Kier molecular flexibility index (Phi) is 5.23. The lowest BCUT2D eigenvalue weighted by molar-refractivity contribution is 0.237. The summed E-state index contributed by atoms with van der Waals surface area (Å²) < 4.78 is 1.81. The Labute approximate surface area is 140 Å². The maximum absolute atomic E-state index is 12.0. The van der Waals surface area contributed by atoms with E-state index >= 15 is 0 Å². The molecule has 1 aliphatic rings. The van der Waals surface area contributed by atoms with Crippen LogP contribution in [0.15, 0.2) is 42.7 Å². The molecule has 2 unspecified atom stereocenters. The molecule has 0 spiro atoms. The summed E-state index contributed by atoms with van der Waals surface area (Å²) in [4.78, 5) is 12.0. The number of thioether (sulfide) groups is 1. The van der Waals surface area contributed by atoms with Crippen molar-refractivity contribution in [2.24, 2.45) is 0 Å². The van der Waals surface area contributed by atoms with Crippen LogP contribution in [0, 0.1) is 0 Å². The van der Waals surface area contributed by atoms with Crippen molar-refractivity contribution in [1.29, 1.82) is 0 Å². The molecule has 2 atom stereocenters. The van der Waals surface area contributed by atoms with Crippen LogP contribution in [0.2, 0.25) is 0 Å². The topological polar surface area (TPSA) is 59.0 Å². The highest BCUT2D eigenvalue weighted by molar-refractivity contribution is 7.99.